The third-order valence-electron chi connectivity index (χ3n) is 6.17. The highest BCUT2D eigenvalue weighted by Gasteiger charge is 2.30. The molecule has 4 heterocycles. The van der Waals surface area contributed by atoms with E-state index in [1.165, 1.54) is 6.20 Å². The van der Waals surface area contributed by atoms with E-state index in [0.29, 0.717) is 61.9 Å². The highest BCUT2D eigenvalue weighted by molar-refractivity contribution is 6.09. The Morgan fingerprint density at radius 3 is 2.88 bits per heavy atom. The Bertz CT molecular complexity index is 1130. The van der Waals surface area contributed by atoms with Crippen LogP contribution in [0.25, 0.3) is 5.65 Å². The molecule has 0 aromatic carbocycles. The summed E-state index contributed by atoms with van der Waals surface area (Å²) in [6.07, 6.45) is 9.58. The molecule has 3 aromatic heterocycles. The summed E-state index contributed by atoms with van der Waals surface area (Å²) in [5.74, 6) is -0.777. The zero-order valence-corrected chi connectivity index (χ0v) is 17.6. The van der Waals surface area contributed by atoms with Crippen molar-refractivity contribution in [1.29, 1.82) is 0 Å². The van der Waals surface area contributed by atoms with Gasteiger partial charge in [0.1, 0.15) is 11.3 Å². The molecule has 0 spiro atoms. The molecule has 3 aromatic rings. The summed E-state index contributed by atoms with van der Waals surface area (Å²) >= 11 is 0. The van der Waals surface area contributed by atoms with Gasteiger partial charge in [-0.1, -0.05) is 6.42 Å². The molecular weight excluding hydrogens is 414 g/mol. The van der Waals surface area contributed by atoms with Crippen LogP contribution < -0.4 is 10.2 Å². The monoisotopic (exact) mass is 439 g/mol. The van der Waals surface area contributed by atoms with Gasteiger partial charge in [-0.15, -0.1) is 0 Å². The van der Waals surface area contributed by atoms with Crippen molar-refractivity contribution in [3.63, 3.8) is 0 Å². The van der Waals surface area contributed by atoms with E-state index in [1.807, 2.05) is 10.9 Å². The number of rotatable bonds is 5. The van der Waals surface area contributed by atoms with Crippen molar-refractivity contribution >= 4 is 29.0 Å². The van der Waals surface area contributed by atoms with Crippen LogP contribution in [-0.2, 0) is 9.53 Å². The Labute approximate surface area is 184 Å². The summed E-state index contributed by atoms with van der Waals surface area (Å²) in [6.45, 7) is 2.51. The molecule has 2 unspecified atom stereocenters. The van der Waals surface area contributed by atoms with E-state index in [9.17, 15) is 14.7 Å². The molecule has 5 rings (SSSR count). The standard InChI is InChI=1S/C21H25N7O4/c29-20(16-12-23-27-6-2-5-22-18(16)27)24-17-13-28(15-4-1-3-14(11-15)21(30)31)25-19(17)26-7-9-32-10-8-26/h2,5-6,12-15H,1,3-4,7-11H2,(H,24,29)(H,30,31). The molecule has 11 nitrogen and oxygen atoms in total. The predicted octanol–water partition coefficient (Wildman–Crippen LogP) is 1.83. The maximum atomic E-state index is 13.1. The first-order valence-corrected chi connectivity index (χ1v) is 10.8. The Kier molecular flexibility index (Phi) is 5.48. The molecule has 32 heavy (non-hydrogen) atoms. The number of amides is 1. The van der Waals surface area contributed by atoms with Crippen LogP contribution in [0, 0.1) is 5.92 Å². The summed E-state index contributed by atoms with van der Waals surface area (Å²) in [7, 11) is 0. The first kappa shape index (κ1) is 20.4. The molecule has 1 aliphatic heterocycles. The number of ether oxygens (including phenoxy) is 1. The first-order valence-electron chi connectivity index (χ1n) is 10.8. The van der Waals surface area contributed by atoms with Gasteiger partial charge in [-0.25, -0.2) is 9.50 Å². The van der Waals surface area contributed by atoms with E-state index in [1.54, 1.807) is 23.0 Å². The number of carbonyl (C=O) groups excluding carboxylic acids is 1. The number of morpholine rings is 1. The van der Waals surface area contributed by atoms with Crippen LogP contribution in [0.3, 0.4) is 0 Å². The van der Waals surface area contributed by atoms with Crippen LogP contribution in [-0.4, -0.2) is 67.7 Å². The zero-order chi connectivity index (χ0) is 22.1. The molecule has 1 aliphatic carbocycles. The molecule has 2 atom stereocenters. The Balaban J connectivity index is 1.44. The van der Waals surface area contributed by atoms with Crippen molar-refractivity contribution < 1.29 is 19.4 Å². The maximum absolute atomic E-state index is 13.1. The lowest BCUT2D eigenvalue weighted by Gasteiger charge is -2.28. The molecule has 2 N–H and O–H groups in total. The number of hydrogen-bond acceptors (Lipinski definition) is 7. The second-order valence-corrected chi connectivity index (χ2v) is 8.20. The molecule has 0 radical (unpaired) electrons. The number of nitrogens with one attached hydrogen (secondary N) is 1. The summed E-state index contributed by atoms with van der Waals surface area (Å²) in [5, 5.41) is 21.4. The van der Waals surface area contributed by atoms with Crippen LogP contribution in [0.2, 0.25) is 0 Å². The molecular formula is C21H25N7O4. The fourth-order valence-electron chi connectivity index (χ4n) is 4.47. The van der Waals surface area contributed by atoms with Gasteiger partial charge in [0.05, 0.1) is 37.6 Å². The van der Waals surface area contributed by atoms with E-state index >= 15 is 0 Å². The lowest BCUT2D eigenvalue weighted by atomic mass is 9.86. The van der Waals surface area contributed by atoms with Gasteiger partial charge in [0.15, 0.2) is 11.5 Å². The van der Waals surface area contributed by atoms with Crippen molar-refractivity contribution in [2.24, 2.45) is 5.92 Å². The zero-order valence-electron chi connectivity index (χ0n) is 17.6. The smallest absolute Gasteiger partial charge is 0.306 e. The Morgan fingerprint density at radius 2 is 2.06 bits per heavy atom. The molecule has 2 aliphatic rings. The van der Waals surface area contributed by atoms with E-state index in [2.05, 4.69) is 20.3 Å². The van der Waals surface area contributed by atoms with E-state index in [-0.39, 0.29) is 17.9 Å². The van der Waals surface area contributed by atoms with Crippen LogP contribution >= 0.6 is 0 Å². The largest absolute Gasteiger partial charge is 0.481 e. The number of carboxylic acid groups (broad SMARTS) is 1. The average molecular weight is 439 g/mol. The van der Waals surface area contributed by atoms with E-state index in [0.717, 1.165) is 12.8 Å². The fourth-order valence-corrected chi connectivity index (χ4v) is 4.47. The SMILES string of the molecule is O=C(Nc1cn(C2CCCC(C(=O)O)C2)nc1N1CCOCC1)c1cnn2cccnc12. The summed E-state index contributed by atoms with van der Waals surface area (Å²) in [4.78, 5) is 30.9. The topological polar surface area (TPSA) is 127 Å². The van der Waals surface area contributed by atoms with Gasteiger partial charge in [0.2, 0.25) is 0 Å². The van der Waals surface area contributed by atoms with Gasteiger partial charge >= 0.3 is 5.97 Å². The van der Waals surface area contributed by atoms with Gasteiger partial charge in [-0.3, -0.25) is 14.3 Å². The van der Waals surface area contributed by atoms with Crippen molar-refractivity contribution in [3.05, 3.63) is 36.4 Å². The summed E-state index contributed by atoms with van der Waals surface area (Å²) in [6, 6.07) is 1.73. The molecule has 1 saturated carbocycles. The molecule has 11 heteroatoms. The van der Waals surface area contributed by atoms with E-state index in [4.69, 9.17) is 9.84 Å². The van der Waals surface area contributed by atoms with Crippen LogP contribution in [0.1, 0.15) is 42.1 Å². The number of hydrogen-bond donors (Lipinski definition) is 2. The van der Waals surface area contributed by atoms with Gasteiger partial charge in [0, 0.05) is 25.5 Å². The predicted molar refractivity (Wildman–Crippen MR) is 115 cm³/mol. The van der Waals surface area contributed by atoms with Crippen molar-refractivity contribution in [1.82, 2.24) is 24.4 Å². The van der Waals surface area contributed by atoms with Crippen molar-refractivity contribution in [2.45, 2.75) is 31.7 Å². The molecule has 168 valence electrons. The number of anilines is 2. The molecule has 1 amide bonds. The van der Waals surface area contributed by atoms with Crippen molar-refractivity contribution in [2.75, 3.05) is 36.5 Å². The van der Waals surface area contributed by atoms with Crippen LogP contribution in [0.5, 0.6) is 0 Å². The number of fused-ring (bicyclic) bond motifs is 1. The molecule has 1 saturated heterocycles. The minimum atomic E-state index is -0.760. The van der Waals surface area contributed by atoms with Crippen LogP contribution in [0.15, 0.2) is 30.9 Å². The minimum Gasteiger partial charge on any atom is -0.481 e. The average Bonchev–Trinajstić information content (AvgIpc) is 3.44. The number of carbonyl (C=O) groups is 2. The third-order valence-corrected chi connectivity index (χ3v) is 6.17. The number of aromatic nitrogens is 5. The van der Waals surface area contributed by atoms with Gasteiger partial charge < -0.3 is 20.1 Å². The number of aliphatic carboxylic acids is 1. The number of nitrogens with zero attached hydrogens (tertiary/aromatic N) is 6. The quantitative estimate of drug-likeness (QED) is 0.616. The number of carboxylic acids is 1. The first-order chi connectivity index (χ1) is 15.6. The van der Waals surface area contributed by atoms with E-state index < -0.39 is 5.97 Å². The normalized spacial score (nSPS) is 21.6. The Morgan fingerprint density at radius 1 is 1.22 bits per heavy atom. The highest BCUT2D eigenvalue weighted by atomic mass is 16.5. The maximum Gasteiger partial charge on any atom is 0.306 e. The van der Waals surface area contributed by atoms with Gasteiger partial charge in [-0.2, -0.15) is 10.2 Å². The lowest BCUT2D eigenvalue weighted by molar-refractivity contribution is -0.143. The summed E-state index contributed by atoms with van der Waals surface area (Å²) < 4.78 is 8.84. The van der Waals surface area contributed by atoms with Gasteiger partial charge in [-0.05, 0) is 25.3 Å². The van der Waals surface area contributed by atoms with Crippen molar-refractivity contribution in [3.8, 4) is 0 Å². The lowest BCUT2D eigenvalue weighted by Crippen LogP contribution is -2.37. The highest BCUT2D eigenvalue weighted by Crippen LogP contribution is 2.35. The second kappa shape index (κ2) is 8.58. The van der Waals surface area contributed by atoms with Gasteiger partial charge in [0.25, 0.3) is 5.91 Å². The Hall–Kier alpha value is -3.47. The molecule has 0 bridgehead atoms. The summed E-state index contributed by atoms with van der Waals surface area (Å²) in [5.41, 5.74) is 1.43. The van der Waals surface area contributed by atoms with Crippen LogP contribution in [0.4, 0.5) is 11.5 Å². The molecule has 2 fully saturated rings. The second-order valence-electron chi connectivity index (χ2n) is 8.20. The fraction of sp³-hybridized carbons (Fsp3) is 0.476. The minimum absolute atomic E-state index is 0.0195. The third kappa shape index (κ3) is 3.91.